The molecule has 6 heterocycles. The van der Waals surface area contributed by atoms with E-state index in [0.29, 0.717) is 126 Å². The van der Waals surface area contributed by atoms with Crippen LogP contribution in [0.4, 0.5) is 53.3 Å². The number of rotatable bonds is 28. The van der Waals surface area contributed by atoms with E-state index in [1.54, 1.807) is 96.4 Å². The minimum Gasteiger partial charge on any atom is -0.399 e. The van der Waals surface area contributed by atoms with E-state index in [2.05, 4.69) is 185 Å². The molecule has 760 valence electrons. The Morgan fingerprint density at radius 3 is 0.986 bits per heavy atom. The van der Waals surface area contributed by atoms with Gasteiger partial charge in [-0.2, -0.15) is 5.26 Å². The number of nitrogens with zero attached hydrogens (tertiary/aromatic N) is 7. The van der Waals surface area contributed by atoms with Crippen LogP contribution in [0.2, 0.25) is 40.2 Å². The highest BCUT2D eigenvalue weighted by Crippen LogP contribution is 2.41. The van der Waals surface area contributed by atoms with Gasteiger partial charge in [0.25, 0.3) is 0 Å². The Balaban J connectivity index is 0.000000154. The summed E-state index contributed by atoms with van der Waals surface area (Å²) in [4.78, 5) is 64.1. The Hall–Kier alpha value is -12.0. The zero-order chi connectivity index (χ0) is 103. The molecule has 11 aromatic carbocycles. The number of nitriles is 1. The van der Waals surface area contributed by atoms with Crippen molar-refractivity contribution in [1.82, 2.24) is 50.3 Å². The Morgan fingerprint density at radius 2 is 0.671 bits per heavy atom. The third-order valence-electron chi connectivity index (χ3n) is 27.2. The van der Waals surface area contributed by atoms with E-state index in [-0.39, 0.29) is 59.5 Å². The number of urea groups is 4. The number of hydrogen-bond donors (Lipinski definition) is 11. The van der Waals surface area contributed by atoms with Crippen LogP contribution in [-0.2, 0) is 16.6 Å². The van der Waals surface area contributed by atoms with Crippen molar-refractivity contribution >= 4 is 161 Å². The minimum atomic E-state index is -3.21. The van der Waals surface area contributed by atoms with E-state index in [1.165, 1.54) is 22.3 Å². The summed E-state index contributed by atoms with van der Waals surface area (Å²) in [5.41, 5.74) is 30.7. The summed E-state index contributed by atoms with van der Waals surface area (Å²) in [6.07, 6.45) is 15.0. The number of carbonyl (C=O) groups excluding carboxylic acids is 4. The summed E-state index contributed by atoms with van der Waals surface area (Å²) in [5.74, 6) is 8.17. The molecular weight excluding hydrogens is 2020 g/mol. The van der Waals surface area contributed by atoms with Crippen LogP contribution in [0.15, 0.2) is 292 Å². The molecule has 4 saturated heterocycles. The van der Waals surface area contributed by atoms with Crippen molar-refractivity contribution in [2.24, 2.45) is 29.5 Å². The zero-order valence-corrected chi connectivity index (χ0v) is 88.0. The smallest absolute Gasteiger partial charge is 0.319 e. The van der Waals surface area contributed by atoms with Gasteiger partial charge < -0.3 is 58.9 Å². The van der Waals surface area contributed by atoms with Crippen LogP contribution >= 0.6 is 92.8 Å². The van der Waals surface area contributed by atoms with Crippen LogP contribution in [0, 0.1) is 35.0 Å². The van der Waals surface area contributed by atoms with Crippen LogP contribution in [0.5, 0.6) is 0 Å². The molecule has 0 spiro atoms. The number of piperidine rings is 4. The van der Waals surface area contributed by atoms with Crippen LogP contribution in [0.3, 0.4) is 0 Å². The highest BCUT2D eigenvalue weighted by Gasteiger charge is 2.35. The van der Waals surface area contributed by atoms with Gasteiger partial charge in [-0.3, -0.25) is 20.7 Å². The summed E-state index contributed by atoms with van der Waals surface area (Å²) in [6, 6.07) is 86.1. The third-order valence-corrected chi connectivity index (χ3v) is 30.8. The van der Waals surface area contributed by atoms with Crippen molar-refractivity contribution in [2.45, 2.75) is 88.5 Å². The monoisotopic (exact) mass is 2140 g/mol. The molecule has 4 fully saturated rings. The topological polar surface area (TPSA) is 339 Å². The maximum Gasteiger partial charge on any atom is 0.319 e. The molecule has 0 saturated carbocycles. The molecule has 13 aromatic rings. The number of hydrazine groups is 1. The molecular formula is C113H120Cl8N18O6S. The quantitative estimate of drug-likeness (QED) is 0.0160. The fourth-order valence-electron chi connectivity index (χ4n) is 19.4. The summed E-state index contributed by atoms with van der Waals surface area (Å²) in [5, 5.41) is 38.3. The number of nitrogens with one attached hydrogen (secondary N) is 8. The second kappa shape index (κ2) is 54.1. The summed E-state index contributed by atoms with van der Waals surface area (Å²) < 4.78 is 26.3. The molecule has 0 radical (unpaired) electrons. The predicted octanol–water partition coefficient (Wildman–Crippen LogP) is 26.0. The fourth-order valence-corrected chi connectivity index (χ4v) is 22.7. The standard InChI is InChI=1S/C33H31Cl2N5O.C27H30Cl2N4O3S.C27H30Cl2N4O.C26H29Cl2N5O/c34-29-16-30(35)18-31(17-29)39-33(41)38-21-32(27-10-13-40(14-11-27)22-24-4-2-12-37-20-24)26-8-6-25(7-9-26)28-5-1-3-23(15-28)19-36;1-2-37(35,36)33-12-9-21(10-13-33)26(18-31-27(34)32-25-15-23(28)14-24(29)16-25)20-7-5-19(6-8-20)22-4-3-11-30-17-22;1-33-11-9-20(10-12-33)26(17-31-27(34)32-25-15-22(28)14-23(29)16-25)19-7-5-18(6-8-19)21-3-2-4-24(30)13-21;27-21-13-22(28)15-24(14-21)32-26(34)31-16-25(19-8-10-33(30)11-9-19)18-6-4-17(5-7-18)20-2-1-3-23(29)12-20/h1-9,12,15-18,20,27,32H,10-11,13-14,21-22H2,(H2,38,39,41);3-8,11,14-17,21,26H,2,9-10,12-13,18H2,1H3,(H2,31,32,34);2-8,13-16,20,26H,9-12,17,30H2,1H3,(H2,31,32,34);1-7,12-15,19,25H,8-11,16,29-30H2,(H2,31,32,34). The number of amides is 8. The van der Waals surface area contributed by atoms with Gasteiger partial charge in [0.2, 0.25) is 10.0 Å². The molecule has 4 unspecified atom stereocenters. The molecule has 146 heavy (non-hydrogen) atoms. The van der Waals surface area contributed by atoms with E-state index in [9.17, 15) is 32.9 Å². The lowest BCUT2D eigenvalue weighted by Gasteiger charge is -2.36. The molecule has 4 aliphatic heterocycles. The van der Waals surface area contributed by atoms with Crippen molar-refractivity contribution in [2.75, 3.05) is 124 Å². The predicted molar refractivity (Wildman–Crippen MR) is 598 cm³/mol. The zero-order valence-electron chi connectivity index (χ0n) is 81.1. The van der Waals surface area contributed by atoms with Gasteiger partial charge in [0.05, 0.1) is 17.4 Å². The van der Waals surface area contributed by atoms with Crippen LogP contribution in [0.1, 0.15) is 115 Å². The SMILES string of the molecule is CCS(=O)(=O)N1CCC(C(CNC(=O)Nc2cc(Cl)cc(Cl)c2)c2ccc(-c3cccnc3)cc2)CC1.CN1CCC(C(CNC(=O)Nc2cc(Cl)cc(Cl)c2)c2ccc(-c3cccc(N)c3)cc2)CC1.N#Cc1cccc(-c2ccc(C(CNC(=O)Nc3cc(Cl)cc(Cl)c3)C3CCN(Cc4cccnc4)CC3)cc2)c1.Nc1cccc(-c2ccc(C(CNC(=O)Nc3cc(Cl)cc(Cl)c3)C3CCN(N)CC3)cc2)c1. The maximum absolute atomic E-state index is 12.9. The number of aromatic nitrogens is 2. The van der Waals surface area contributed by atoms with E-state index in [0.717, 1.165) is 159 Å². The number of halogens is 8. The molecule has 8 amide bonds. The molecule has 33 heteroatoms. The van der Waals surface area contributed by atoms with Gasteiger partial charge in [0.1, 0.15) is 0 Å². The van der Waals surface area contributed by atoms with Gasteiger partial charge in [-0.1, -0.05) is 238 Å². The number of hydrogen-bond acceptors (Lipinski definition) is 15. The van der Waals surface area contributed by atoms with Crippen molar-refractivity contribution < 1.29 is 27.6 Å². The van der Waals surface area contributed by atoms with Crippen LogP contribution < -0.4 is 59.8 Å². The van der Waals surface area contributed by atoms with Crippen molar-refractivity contribution in [3.05, 3.63) is 365 Å². The number of anilines is 6. The lowest BCUT2D eigenvalue weighted by molar-refractivity contribution is 0.160. The number of carbonyl (C=O) groups is 4. The molecule has 4 aliphatic rings. The van der Waals surface area contributed by atoms with Crippen molar-refractivity contribution in [1.29, 1.82) is 5.26 Å². The Labute approximate surface area is 895 Å². The number of likely N-dealkylation sites (tertiary alicyclic amines) is 2. The Bertz CT molecular complexity index is 6420. The maximum atomic E-state index is 12.9. The first-order chi connectivity index (χ1) is 70.4. The van der Waals surface area contributed by atoms with Gasteiger partial charge in [0.15, 0.2) is 0 Å². The number of pyridine rings is 2. The summed E-state index contributed by atoms with van der Waals surface area (Å²) in [6.45, 7) is 11.3. The highest BCUT2D eigenvalue weighted by atomic mass is 35.5. The normalized spacial score (nSPS) is 15.4. The van der Waals surface area contributed by atoms with E-state index >= 15 is 0 Å². The minimum absolute atomic E-state index is 0.0168. The van der Waals surface area contributed by atoms with E-state index in [1.807, 2.05) is 102 Å². The number of nitrogens with two attached hydrogens (primary N) is 3. The molecule has 17 rings (SSSR count). The first-order valence-electron chi connectivity index (χ1n) is 48.8. The average Bonchev–Trinajstić information content (AvgIpc) is 0.821. The molecule has 24 nitrogen and oxygen atoms in total. The third kappa shape index (κ3) is 33.2. The average molecular weight is 2140 g/mol. The molecule has 0 aliphatic carbocycles. The van der Waals surface area contributed by atoms with Crippen molar-refractivity contribution in [3.63, 3.8) is 0 Å². The fraction of sp³-hybridized carbons (Fsp3) is 0.283. The number of benzene rings is 11. The van der Waals surface area contributed by atoms with Gasteiger partial charge in [-0.05, 0) is 309 Å². The second-order valence-electron chi connectivity index (χ2n) is 37.2. The van der Waals surface area contributed by atoms with E-state index in [4.69, 9.17) is 110 Å². The summed E-state index contributed by atoms with van der Waals surface area (Å²) in [7, 11) is -1.05. The largest absolute Gasteiger partial charge is 0.399 e. The second-order valence-corrected chi connectivity index (χ2v) is 42.9. The Kier molecular flexibility index (Phi) is 40.6. The Morgan fingerprint density at radius 1 is 0.370 bits per heavy atom. The highest BCUT2D eigenvalue weighted by molar-refractivity contribution is 7.89. The molecule has 2 aromatic heterocycles. The molecule has 0 bridgehead atoms. The van der Waals surface area contributed by atoms with Crippen LogP contribution in [-0.4, -0.2) is 153 Å². The first kappa shape index (κ1) is 110. The van der Waals surface area contributed by atoms with Gasteiger partial charge in [0, 0.05) is 182 Å². The van der Waals surface area contributed by atoms with Gasteiger partial charge >= 0.3 is 24.1 Å². The molecule has 4 atom stereocenters. The first-order valence-corrected chi connectivity index (χ1v) is 53.4. The molecule has 14 N–H and O–H groups in total. The number of sulfonamides is 1. The van der Waals surface area contributed by atoms with Crippen molar-refractivity contribution in [3.8, 4) is 50.6 Å². The van der Waals surface area contributed by atoms with Crippen LogP contribution in [0.25, 0.3) is 44.5 Å². The van der Waals surface area contributed by atoms with Gasteiger partial charge in [-0.15, -0.1) is 0 Å². The number of nitrogen functional groups attached to an aromatic ring is 2. The van der Waals surface area contributed by atoms with E-state index < -0.39 is 10.0 Å². The lowest BCUT2D eigenvalue weighted by atomic mass is 9.79. The lowest BCUT2D eigenvalue weighted by Crippen LogP contribution is -2.42. The summed E-state index contributed by atoms with van der Waals surface area (Å²) >= 11 is 48.5. The van der Waals surface area contributed by atoms with Gasteiger partial charge in [-0.25, -0.2) is 36.9 Å².